The van der Waals surface area contributed by atoms with Gasteiger partial charge in [0.15, 0.2) is 4.33 Å². The summed E-state index contributed by atoms with van der Waals surface area (Å²) in [5.74, 6) is -4.22. The maximum Gasteiger partial charge on any atom is 0.312 e. The Morgan fingerprint density at radius 3 is 1.44 bits per heavy atom. The van der Waals surface area contributed by atoms with E-state index >= 15 is 0 Å². The molecule has 0 saturated heterocycles. The highest BCUT2D eigenvalue weighted by Gasteiger charge is 2.85. The Morgan fingerprint density at radius 2 is 1.15 bits per heavy atom. The maximum atomic E-state index is 12.8. The van der Waals surface area contributed by atoms with Crippen LogP contribution >= 0.6 is 69.6 Å². The van der Waals surface area contributed by atoms with Gasteiger partial charge in [-0.05, 0) is 12.8 Å². The predicted octanol–water partition coefficient (Wildman–Crippen LogP) is 5.75. The zero-order valence-corrected chi connectivity index (χ0v) is 19.3. The molecule has 2 rings (SSSR count). The minimum atomic E-state index is -2.03. The highest BCUT2D eigenvalue weighted by atomic mass is 35.5. The van der Waals surface area contributed by atoms with Crippen LogP contribution in [0.15, 0.2) is 10.1 Å². The van der Waals surface area contributed by atoms with E-state index in [1.165, 1.54) is 0 Å². The molecular formula is C17H20Cl6O4. The van der Waals surface area contributed by atoms with E-state index < -0.39 is 37.9 Å². The smallest absolute Gasteiger partial charge is 0.312 e. The molecule has 2 aliphatic carbocycles. The first-order chi connectivity index (χ1) is 12.5. The standard InChI is InChI=1S/C17H20Cl6O4/c1-3-5-7-26-13(24)9-10(14(25)27-8-6-4-2)16(21)12(19)11(18)15(9,20)17(16,22)23/h9-10H,3-8H2,1-2H3/t9-,10-,15+,16+/m0/s1. The van der Waals surface area contributed by atoms with Crippen molar-refractivity contribution in [3.63, 3.8) is 0 Å². The van der Waals surface area contributed by atoms with E-state index in [-0.39, 0.29) is 23.3 Å². The third-order valence-electron chi connectivity index (χ3n) is 4.93. The zero-order chi connectivity index (χ0) is 20.6. The summed E-state index contributed by atoms with van der Waals surface area (Å²) in [7, 11) is 0. The van der Waals surface area contributed by atoms with Crippen molar-refractivity contribution in [2.24, 2.45) is 11.8 Å². The van der Waals surface area contributed by atoms with Crippen molar-refractivity contribution in [2.75, 3.05) is 13.2 Å². The highest BCUT2D eigenvalue weighted by Crippen LogP contribution is 2.76. The summed E-state index contributed by atoms with van der Waals surface area (Å²) in [5.41, 5.74) is 0. The molecule has 0 unspecified atom stereocenters. The zero-order valence-electron chi connectivity index (χ0n) is 14.8. The Morgan fingerprint density at radius 1 is 0.815 bits per heavy atom. The minimum absolute atomic E-state index is 0.151. The number of unbranched alkanes of at least 4 members (excludes halogenated alkanes) is 2. The Kier molecular flexibility index (Phi) is 7.59. The van der Waals surface area contributed by atoms with E-state index in [0.717, 1.165) is 12.8 Å². The lowest BCUT2D eigenvalue weighted by molar-refractivity contribution is -0.160. The van der Waals surface area contributed by atoms with Crippen LogP contribution in [0.4, 0.5) is 0 Å². The summed E-state index contributed by atoms with van der Waals surface area (Å²) in [5, 5.41) is -0.332. The molecule has 0 radical (unpaired) electrons. The topological polar surface area (TPSA) is 52.6 Å². The van der Waals surface area contributed by atoms with Crippen molar-refractivity contribution in [1.82, 2.24) is 0 Å². The summed E-state index contributed by atoms with van der Waals surface area (Å²) in [4.78, 5) is 21.8. The van der Waals surface area contributed by atoms with Gasteiger partial charge < -0.3 is 9.47 Å². The number of halogens is 6. The maximum absolute atomic E-state index is 12.8. The number of esters is 2. The second-order valence-corrected chi connectivity index (χ2v) is 9.90. The van der Waals surface area contributed by atoms with Crippen molar-refractivity contribution >= 4 is 81.5 Å². The van der Waals surface area contributed by atoms with Gasteiger partial charge >= 0.3 is 11.9 Å². The molecule has 0 aromatic carbocycles. The fraction of sp³-hybridized carbons (Fsp3) is 0.765. The van der Waals surface area contributed by atoms with E-state index in [1.807, 2.05) is 13.8 Å². The molecule has 0 aliphatic heterocycles. The number of hydrogen-bond acceptors (Lipinski definition) is 4. The second kappa shape index (κ2) is 8.65. The summed E-state index contributed by atoms with van der Waals surface area (Å²) < 4.78 is 8.53. The molecule has 0 heterocycles. The fourth-order valence-electron chi connectivity index (χ4n) is 3.39. The van der Waals surface area contributed by atoms with Gasteiger partial charge in [-0.25, -0.2) is 0 Å². The Bertz CT molecular complexity index is 599. The van der Waals surface area contributed by atoms with Gasteiger partial charge in [0, 0.05) is 0 Å². The number of rotatable bonds is 8. The average Bonchev–Trinajstić information content (AvgIpc) is 2.82. The summed E-state index contributed by atoms with van der Waals surface area (Å²) in [6.07, 6.45) is 2.91. The van der Waals surface area contributed by atoms with Gasteiger partial charge in [0.1, 0.15) is 9.75 Å². The summed E-state index contributed by atoms with van der Waals surface area (Å²) in [6, 6.07) is 0. The first kappa shape index (κ1) is 23.7. The molecule has 1 saturated carbocycles. The van der Waals surface area contributed by atoms with Crippen LogP contribution < -0.4 is 0 Å². The largest absolute Gasteiger partial charge is 0.465 e. The number of carbonyl (C=O) groups is 2. The van der Waals surface area contributed by atoms with Gasteiger partial charge in [-0.15, -0.1) is 23.2 Å². The SMILES string of the molecule is CCCCOC(=O)[C@@H]1[C@@H](C(=O)OCCCC)[C@@]2(Cl)C(Cl)=C(Cl)[C@@]1(Cl)C2(Cl)Cl. The van der Waals surface area contributed by atoms with E-state index in [4.69, 9.17) is 79.1 Å². The Balaban J connectivity index is 2.47. The van der Waals surface area contributed by atoms with Crippen LogP contribution in [-0.4, -0.2) is 39.2 Å². The van der Waals surface area contributed by atoms with Crippen molar-refractivity contribution in [2.45, 2.75) is 53.6 Å². The number of alkyl halides is 4. The molecular weight excluding hydrogens is 481 g/mol. The van der Waals surface area contributed by atoms with E-state index in [2.05, 4.69) is 0 Å². The molecule has 0 N–H and O–H groups in total. The van der Waals surface area contributed by atoms with Crippen LogP contribution in [0.2, 0.25) is 0 Å². The van der Waals surface area contributed by atoms with Gasteiger partial charge in [0.25, 0.3) is 0 Å². The van der Waals surface area contributed by atoms with Crippen LogP contribution in [0, 0.1) is 11.8 Å². The molecule has 0 aromatic heterocycles. The molecule has 2 bridgehead atoms. The van der Waals surface area contributed by atoms with E-state index in [9.17, 15) is 9.59 Å². The molecule has 2 aliphatic rings. The van der Waals surface area contributed by atoms with Crippen LogP contribution in [0.3, 0.4) is 0 Å². The third kappa shape index (κ3) is 3.37. The monoisotopic (exact) mass is 498 g/mol. The van der Waals surface area contributed by atoms with Crippen molar-refractivity contribution in [3.8, 4) is 0 Å². The Labute approximate surface area is 188 Å². The van der Waals surface area contributed by atoms with Crippen molar-refractivity contribution in [1.29, 1.82) is 0 Å². The molecule has 154 valence electrons. The van der Waals surface area contributed by atoms with Crippen molar-refractivity contribution < 1.29 is 19.1 Å². The molecule has 27 heavy (non-hydrogen) atoms. The molecule has 1 fully saturated rings. The minimum Gasteiger partial charge on any atom is -0.465 e. The molecule has 10 heteroatoms. The second-order valence-electron chi connectivity index (χ2n) is 6.62. The van der Waals surface area contributed by atoms with Gasteiger partial charge in [-0.2, -0.15) is 0 Å². The lowest BCUT2D eigenvalue weighted by Gasteiger charge is -2.33. The van der Waals surface area contributed by atoms with Crippen molar-refractivity contribution in [3.05, 3.63) is 10.1 Å². The molecule has 0 aromatic rings. The van der Waals surface area contributed by atoms with E-state index in [0.29, 0.717) is 12.8 Å². The molecule has 4 atom stereocenters. The number of carbonyl (C=O) groups excluding carboxylic acids is 2. The first-order valence-corrected chi connectivity index (χ1v) is 10.9. The third-order valence-corrected chi connectivity index (χ3v) is 9.19. The number of allylic oxidation sites excluding steroid dienone is 2. The molecule has 0 spiro atoms. The van der Waals surface area contributed by atoms with Crippen LogP contribution in [0.1, 0.15) is 39.5 Å². The van der Waals surface area contributed by atoms with Gasteiger partial charge in [-0.1, -0.05) is 73.1 Å². The van der Waals surface area contributed by atoms with Gasteiger partial charge in [0.2, 0.25) is 0 Å². The lowest BCUT2D eigenvalue weighted by Crippen LogP contribution is -2.46. The molecule has 4 nitrogen and oxygen atoms in total. The summed E-state index contributed by atoms with van der Waals surface area (Å²) in [6.45, 7) is 4.19. The number of fused-ring (bicyclic) bond motifs is 2. The average molecular weight is 501 g/mol. The van der Waals surface area contributed by atoms with Gasteiger partial charge in [0.05, 0.1) is 35.1 Å². The van der Waals surface area contributed by atoms with E-state index in [1.54, 1.807) is 0 Å². The van der Waals surface area contributed by atoms with Gasteiger partial charge in [-0.3, -0.25) is 9.59 Å². The van der Waals surface area contributed by atoms with Crippen LogP contribution in [0.5, 0.6) is 0 Å². The van der Waals surface area contributed by atoms with Crippen LogP contribution in [-0.2, 0) is 19.1 Å². The number of ether oxygens (including phenoxy) is 2. The lowest BCUT2D eigenvalue weighted by atomic mass is 9.82. The summed E-state index contributed by atoms with van der Waals surface area (Å²) >= 11 is 38.8. The Hall–Kier alpha value is 0.420. The fourth-order valence-corrected chi connectivity index (χ4v) is 6.31. The highest BCUT2D eigenvalue weighted by molar-refractivity contribution is 6.66. The quantitative estimate of drug-likeness (QED) is 0.242. The number of hydrogen-bond donors (Lipinski definition) is 0. The molecule has 0 amide bonds. The van der Waals surface area contributed by atoms with Crippen LogP contribution in [0.25, 0.3) is 0 Å². The first-order valence-electron chi connectivity index (χ1n) is 8.68. The normalized spacial score (nSPS) is 34.1. The predicted molar refractivity (Wildman–Crippen MR) is 109 cm³/mol.